The number of fused-ring (bicyclic) bond motifs is 2. The summed E-state index contributed by atoms with van der Waals surface area (Å²) in [5.41, 5.74) is 3.71. The van der Waals surface area contributed by atoms with Crippen molar-refractivity contribution in [1.82, 2.24) is 9.88 Å². The monoisotopic (exact) mass is 459 g/mol. The van der Waals surface area contributed by atoms with Crippen molar-refractivity contribution < 1.29 is 22.7 Å². The van der Waals surface area contributed by atoms with Crippen molar-refractivity contribution in [1.29, 1.82) is 5.26 Å². The van der Waals surface area contributed by atoms with Crippen LogP contribution in [0.4, 0.5) is 18.9 Å². The fourth-order valence-electron chi connectivity index (χ4n) is 6.13. The molecule has 33 heavy (non-hydrogen) atoms. The highest BCUT2D eigenvalue weighted by atomic mass is 19.4. The number of benzene rings is 1. The van der Waals surface area contributed by atoms with E-state index in [-0.39, 0.29) is 19.5 Å². The van der Waals surface area contributed by atoms with Crippen molar-refractivity contribution in [3.05, 3.63) is 36.0 Å². The van der Waals surface area contributed by atoms with Gasteiger partial charge in [-0.3, -0.25) is 9.78 Å². The number of hydrogen-bond acceptors (Lipinski definition) is 6. The lowest BCUT2D eigenvalue weighted by Gasteiger charge is -2.38. The van der Waals surface area contributed by atoms with E-state index in [2.05, 4.69) is 11.1 Å². The number of pyridine rings is 1. The van der Waals surface area contributed by atoms with E-state index in [1.807, 2.05) is 11.9 Å². The van der Waals surface area contributed by atoms with Crippen molar-refractivity contribution in [3.8, 4) is 6.07 Å². The number of aromatic nitrogens is 1. The molecule has 10 heteroatoms. The molecule has 5 rings (SSSR count). The number of likely N-dealkylation sites (N-methyl/N-ethyl adjacent to an activating group) is 1. The van der Waals surface area contributed by atoms with Crippen LogP contribution < -0.4 is 10.6 Å². The van der Waals surface area contributed by atoms with E-state index in [0.717, 1.165) is 0 Å². The van der Waals surface area contributed by atoms with Gasteiger partial charge in [0, 0.05) is 48.9 Å². The van der Waals surface area contributed by atoms with Crippen molar-refractivity contribution in [2.75, 3.05) is 44.7 Å². The fourth-order valence-corrected chi connectivity index (χ4v) is 6.13. The topological polar surface area (TPSA) is 95.5 Å². The van der Waals surface area contributed by atoms with Crippen molar-refractivity contribution in [2.45, 2.75) is 18.7 Å². The normalized spacial score (nSPS) is 30.6. The average molecular weight is 459 g/mol. The Morgan fingerprint density at radius 1 is 1.36 bits per heavy atom. The lowest BCUT2D eigenvalue weighted by atomic mass is 9.78. The molecule has 2 aromatic rings. The molecule has 174 valence electrons. The predicted molar refractivity (Wildman–Crippen MR) is 114 cm³/mol. The van der Waals surface area contributed by atoms with Crippen LogP contribution in [0.25, 0.3) is 10.9 Å². The Labute approximate surface area is 188 Å². The van der Waals surface area contributed by atoms with Gasteiger partial charge in [-0.15, -0.1) is 0 Å². The smallest absolute Gasteiger partial charge is 0.375 e. The summed E-state index contributed by atoms with van der Waals surface area (Å²) in [7, 11) is 1.85. The van der Waals surface area contributed by atoms with Crippen LogP contribution in [0.15, 0.2) is 30.5 Å². The Morgan fingerprint density at radius 2 is 2.15 bits per heavy atom. The Hall–Kier alpha value is -2.90. The molecular weight excluding hydrogens is 435 g/mol. The van der Waals surface area contributed by atoms with E-state index in [1.165, 1.54) is 0 Å². The third kappa shape index (κ3) is 3.09. The predicted octanol–water partition coefficient (Wildman–Crippen LogP) is 2.30. The number of carbonyl (C=O) groups excluding carboxylic acids is 1. The Morgan fingerprint density at radius 3 is 2.82 bits per heavy atom. The number of nitrogens with zero attached hydrogens (tertiary/aromatic N) is 4. The minimum atomic E-state index is -4.50. The first-order valence-electron chi connectivity index (χ1n) is 10.8. The van der Waals surface area contributed by atoms with Gasteiger partial charge in [0.25, 0.3) is 0 Å². The Kier molecular flexibility index (Phi) is 4.85. The highest BCUT2D eigenvalue weighted by Crippen LogP contribution is 2.78. The molecular formula is C23H24F3N5O2. The second kappa shape index (κ2) is 7.30. The van der Waals surface area contributed by atoms with Gasteiger partial charge in [-0.05, 0) is 37.7 Å². The lowest BCUT2D eigenvalue weighted by molar-refractivity contribution is -0.196. The number of morpholine rings is 1. The molecule has 4 unspecified atom stereocenters. The first-order chi connectivity index (χ1) is 15.6. The molecule has 7 nitrogen and oxygen atoms in total. The van der Waals surface area contributed by atoms with Gasteiger partial charge in [-0.25, -0.2) is 0 Å². The van der Waals surface area contributed by atoms with Crippen molar-refractivity contribution in [3.63, 3.8) is 0 Å². The van der Waals surface area contributed by atoms with Gasteiger partial charge in [-0.1, -0.05) is 0 Å². The van der Waals surface area contributed by atoms with E-state index < -0.39 is 34.9 Å². The number of alkyl halides is 3. The molecule has 4 atom stereocenters. The summed E-state index contributed by atoms with van der Waals surface area (Å²) in [6.45, 7) is 1.09. The van der Waals surface area contributed by atoms with Crippen LogP contribution in [0.5, 0.6) is 0 Å². The van der Waals surface area contributed by atoms with Crippen molar-refractivity contribution >= 4 is 22.5 Å². The summed E-state index contributed by atoms with van der Waals surface area (Å²) < 4.78 is 49.4. The molecule has 1 amide bonds. The summed E-state index contributed by atoms with van der Waals surface area (Å²) in [6.07, 6.45) is -3.79. The molecule has 2 N–H and O–H groups in total. The van der Waals surface area contributed by atoms with Crippen LogP contribution in [0.3, 0.4) is 0 Å². The number of primary amides is 1. The number of nitriles is 1. The fraction of sp³-hybridized carbons (Fsp3) is 0.522. The number of piperidine rings is 1. The number of nitrogens with two attached hydrogens (primary N) is 1. The Bertz CT molecular complexity index is 1160. The molecule has 0 radical (unpaired) electrons. The zero-order chi connectivity index (χ0) is 23.6. The molecule has 1 aliphatic carbocycles. The van der Waals surface area contributed by atoms with E-state index in [0.29, 0.717) is 41.9 Å². The average Bonchev–Trinajstić information content (AvgIpc) is 3.29. The van der Waals surface area contributed by atoms with Gasteiger partial charge < -0.3 is 20.3 Å². The summed E-state index contributed by atoms with van der Waals surface area (Å²) >= 11 is 0. The number of amides is 1. The van der Waals surface area contributed by atoms with Crippen LogP contribution in [-0.4, -0.2) is 67.9 Å². The summed E-state index contributed by atoms with van der Waals surface area (Å²) in [4.78, 5) is 20.5. The zero-order valence-corrected chi connectivity index (χ0v) is 18.1. The molecule has 0 bridgehead atoms. The second-order valence-corrected chi connectivity index (χ2v) is 9.46. The first kappa shape index (κ1) is 21.9. The maximum absolute atomic E-state index is 14.5. The van der Waals surface area contributed by atoms with Crippen LogP contribution in [0, 0.1) is 28.1 Å². The summed E-state index contributed by atoms with van der Waals surface area (Å²) in [5.74, 6) is -1.82. The van der Waals surface area contributed by atoms with Crippen LogP contribution in [0.1, 0.15) is 12.0 Å². The SMILES string of the molecule is CN1CCOC(C(C(N)=O)C23CN(c4ccc(C#N)c5ncccc45)CC2(C(F)(F)F)C3)C1. The molecule has 3 aliphatic rings. The Balaban J connectivity index is 1.59. The third-order valence-electron chi connectivity index (χ3n) is 7.70. The van der Waals surface area contributed by atoms with Gasteiger partial charge >= 0.3 is 6.18 Å². The van der Waals surface area contributed by atoms with E-state index in [9.17, 15) is 23.2 Å². The van der Waals surface area contributed by atoms with E-state index in [1.54, 1.807) is 35.4 Å². The van der Waals surface area contributed by atoms with Gasteiger partial charge in [-0.2, -0.15) is 18.4 Å². The maximum Gasteiger partial charge on any atom is 0.396 e. The highest BCUT2D eigenvalue weighted by Gasteiger charge is 2.86. The number of ether oxygens (including phenoxy) is 1. The van der Waals surface area contributed by atoms with Crippen LogP contribution in [0.2, 0.25) is 0 Å². The third-order valence-corrected chi connectivity index (χ3v) is 7.70. The van der Waals surface area contributed by atoms with Gasteiger partial charge in [0.1, 0.15) is 6.07 Å². The van der Waals surface area contributed by atoms with Crippen LogP contribution in [-0.2, 0) is 9.53 Å². The quantitative estimate of drug-likeness (QED) is 0.754. The number of hydrogen-bond donors (Lipinski definition) is 1. The molecule has 1 saturated carbocycles. The van der Waals surface area contributed by atoms with Gasteiger partial charge in [0.2, 0.25) is 5.91 Å². The number of carbonyl (C=O) groups is 1. The van der Waals surface area contributed by atoms with Gasteiger partial charge in [0.15, 0.2) is 0 Å². The van der Waals surface area contributed by atoms with Crippen molar-refractivity contribution in [2.24, 2.45) is 22.5 Å². The number of halogens is 3. The second-order valence-electron chi connectivity index (χ2n) is 9.46. The molecule has 3 fully saturated rings. The minimum absolute atomic E-state index is 0.0274. The minimum Gasteiger partial charge on any atom is -0.375 e. The highest BCUT2D eigenvalue weighted by molar-refractivity contribution is 5.95. The largest absolute Gasteiger partial charge is 0.396 e. The molecule has 1 aromatic heterocycles. The maximum atomic E-state index is 14.5. The first-order valence-corrected chi connectivity index (χ1v) is 10.8. The molecule has 0 spiro atoms. The van der Waals surface area contributed by atoms with E-state index >= 15 is 0 Å². The summed E-state index contributed by atoms with van der Waals surface area (Å²) in [5, 5.41) is 10.0. The number of rotatable bonds is 4. The standard InChI is InChI=1S/C23H24F3N5O2/c1-30-7-8-33-17(10-30)18(20(28)32)21-11-22(21,23(24,25)26)13-31(12-21)16-5-4-14(9-27)19-15(16)3-2-6-29-19/h2-6,17-18H,7-8,10-13H2,1H3,(H2,28,32). The molecule has 1 aromatic carbocycles. The molecule has 2 saturated heterocycles. The summed E-state index contributed by atoms with van der Waals surface area (Å²) in [6, 6.07) is 8.76. The number of anilines is 1. The van der Waals surface area contributed by atoms with Gasteiger partial charge in [0.05, 0.1) is 35.1 Å². The van der Waals surface area contributed by atoms with E-state index in [4.69, 9.17) is 10.5 Å². The lowest BCUT2D eigenvalue weighted by Crippen LogP contribution is -2.52. The molecule has 2 aliphatic heterocycles. The zero-order valence-electron chi connectivity index (χ0n) is 18.1. The van der Waals surface area contributed by atoms with Crippen LogP contribution >= 0.6 is 0 Å². The molecule has 3 heterocycles.